The number of rotatable bonds is 6. The first kappa shape index (κ1) is 12.4. The van der Waals surface area contributed by atoms with Crippen molar-refractivity contribution in [3.05, 3.63) is 29.2 Å². The number of hydrogen-bond acceptors (Lipinski definition) is 5. The van der Waals surface area contributed by atoms with Gasteiger partial charge in [-0.15, -0.1) is 11.3 Å². The van der Waals surface area contributed by atoms with Crippen LogP contribution in [0, 0.1) is 0 Å². The normalized spacial score (nSPS) is 12.8. The smallest absolute Gasteiger partial charge is 0.239 e. The fourth-order valence-electron chi connectivity index (χ4n) is 1.36. The van der Waals surface area contributed by atoms with Gasteiger partial charge in [0.05, 0.1) is 15.0 Å². The minimum absolute atomic E-state index is 0.305. The molecule has 6 heteroatoms. The second-order valence-electron chi connectivity index (χ2n) is 3.63. The Hall–Kier alpha value is -1.01. The molecule has 0 unspecified atom stereocenters. The molecule has 2 rings (SSSR count). The lowest BCUT2D eigenvalue weighted by Crippen LogP contribution is -1.95. The van der Waals surface area contributed by atoms with Gasteiger partial charge in [0, 0.05) is 6.42 Å². The molecule has 0 saturated heterocycles. The SMILES string of the molecule is CCCCc1noc(C[S@@](=O)c2cccs2)n1. The Morgan fingerprint density at radius 2 is 2.41 bits per heavy atom. The third-order valence-electron chi connectivity index (χ3n) is 2.24. The molecule has 0 aliphatic carbocycles. The van der Waals surface area contributed by atoms with Gasteiger partial charge in [-0.1, -0.05) is 24.6 Å². The Morgan fingerprint density at radius 3 is 3.12 bits per heavy atom. The fourth-order valence-corrected chi connectivity index (χ4v) is 3.30. The van der Waals surface area contributed by atoms with Crippen molar-refractivity contribution in [2.24, 2.45) is 0 Å². The first-order valence-electron chi connectivity index (χ1n) is 5.53. The first-order chi connectivity index (χ1) is 8.29. The second kappa shape index (κ2) is 6.07. The third-order valence-corrected chi connectivity index (χ3v) is 4.84. The van der Waals surface area contributed by atoms with Gasteiger partial charge in [-0.25, -0.2) is 0 Å². The van der Waals surface area contributed by atoms with Gasteiger partial charge >= 0.3 is 0 Å². The van der Waals surface area contributed by atoms with Crippen molar-refractivity contribution in [3.8, 4) is 0 Å². The molecule has 0 bridgehead atoms. The van der Waals surface area contributed by atoms with E-state index in [2.05, 4.69) is 17.1 Å². The van der Waals surface area contributed by atoms with E-state index in [-0.39, 0.29) is 0 Å². The summed E-state index contributed by atoms with van der Waals surface area (Å²) in [5.74, 6) is 1.48. The van der Waals surface area contributed by atoms with Crippen molar-refractivity contribution in [1.29, 1.82) is 0 Å². The molecule has 92 valence electrons. The van der Waals surface area contributed by atoms with E-state index in [0.717, 1.165) is 23.5 Å². The van der Waals surface area contributed by atoms with Crippen LogP contribution in [0.5, 0.6) is 0 Å². The molecule has 0 spiro atoms. The molecule has 0 amide bonds. The van der Waals surface area contributed by atoms with Gasteiger partial charge in [-0.05, 0) is 17.9 Å². The molecule has 1 atom stereocenters. The first-order valence-corrected chi connectivity index (χ1v) is 7.72. The van der Waals surface area contributed by atoms with Gasteiger partial charge in [-0.3, -0.25) is 4.21 Å². The van der Waals surface area contributed by atoms with E-state index in [9.17, 15) is 4.21 Å². The van der Waals surface area contributed by atoms with E-state index in [1.54, 1.807) is 0 Å². The summed E-state index contributed by atoms with van der Waals surface area (Å²) in [5.41, 5.74) is 0. The molecule has 2 aromatic rings. The maximum absolute atomic E-state index is 11.9. The third kappa shape index (κ3) is 3.47. The highest BCUT2D eigenvalue weighted by molar-refractivity contribution is 7.86. The molecule has 17 heavy (non-hydrogen) atoms. The van der Waals surface area contributed by atoms with Crippen LogP contribution >= 0.6 is 11.3 Å². The lowest BCUT2D eigenvalue weighted by molar-refractivity contribution is 0.383. The number of aryl methyl sites for hydroxylation is 1. The maximum atomic E-state index is 11.9. The molecular weight excluding hydrogens is 256 g/mol. The number of aromatic nitrogens is 2. The molecule has 0 aliphatic heterocycles. The highest BCUT2D eigenvalue weighted by atomic mass is 32.2. The topological polar surface area (TPSA) is 56.0 Å². The summed E-state index contributed by atoms with van der Waals surface area (Å²) < 4.78 is 17.8. The number of nitrogens with zero attached hydrogens (tertiary/aromatic N) is 2. The van der Waals surface area contributed by atoms with Crippen LogP contribution in [0.1, 0.15) is 31.5 Å². The largest absolute Gasteiger partial charge is 0.338 e. The quantitative estimate of drug-likeness (QED) is 0.810. The second-order valence-corrected chi connectivity index (χ2v) is 6.26. The van der Waals surface area contributed by atoms with Gasteiger partial charge in [0.2, 0.25) is 5.89 Å². The molecule has 4 nitrogen and oxygen atoms in total. The maximum Gasteiger partial charge on any atom is 0.239 e. The summed E-state index contributed by atoms with van der Waals surface area (Å²) in [7, 11) is -1.07. The van der Waals surface area contributed by atoms with E-state index < -0.39 is 10.8 Å². The number of hydrogen-bond donors (Lipinski definition) is 0. The van der Waals surface area contributed by atoms with Crippen molar-refractivity contribution in [1.82, 2.24) is 10.1 Å². The Balaban J connectivity index is 1.95. The molecule has 2 aromatic heterocycles. The van der Waals surface area contributed by atoms with Crippen LogP contribution < -0.4 is 0 Å². The Kier molecular flexibility index (Phi) is 4.44. The molecule has 0 saturated carbocycles. The molecule has 0 aliphatic rings. The minimum atomic E-state index is -1.07. The van der Waals surface area contributed by atoms with Gasteiger partial charge in [-0.2, -0.15) is 4.98 Å². The van der Waals surface area contributed by atoms with Crippen molar-refractivity contribution in [2.75, 3.05) is 0 Å². The van der Waals surface area contributed by atoms with Gasteiger partial charge in [0.15, 0.2) is 5.82 Å². The Bertz CT molecular complexity index is 479. The number of thiophene rings is 1. The minimum Gasteiger partial charge on any atom is -0.338 e. The highest BCUT2D eigenvalue weighted by Gasteiger charge is 2.12. The van der Waals surface area contributed by atoms with Crippen molar-refractivity contribution in [2.45, 2.75) is 36.1 Å². The van der Waals surface area contributed by atoms with Crippen LogP contribution in [0.15, 0.2) is 26.2 Å². The van der Waals surface area contributed by atoms with E-state index in [0.29, 0.717) is 17.5 Å². The van der Waals surface area contributed by atoms with E-state index in [1.165, 1.54) is 11.3 Å². The van der Waals surface area contributed by atoms with E-state index in [4.69, 9.17) is 4.52 Å². The predicted octanol–water partition coefficient (Wildman–Crippen LogP) is 2.78. The summed E-state index contributed by atoms with van der Waals surface area (Å²) in [5, 5.41) is 5.78. The molecule has 2 heterocycles. The summed E-state index contributed by atoms with van der Waals surface area (Å²) in [4.78, 5) is 4.23. The average Bonchev–Trinajstić information content (AvgIpc) is 2.97. The molecule has 0 fully saturated rings. The lowest BCUT2D eigenvalue weighted by Gasteiger charge is -1.92. The average molecular weight is 270 g/mol. The molecular formula is C11H14N2O2S2. The van der Waals surface area contributed by atoms with Gasteiger partial charge in [0.1, 0.15) is 5.75 Å². The fraction of sp³-hybridized carbons (Fsp3) is 0.455. The van der Waals surface area contributed by atoms with Gasteiger partial charge in [0.25, 0.3) is 0 Å². The summed E-state index contributed by atoms with van der Waals surface area (Å²) in [6.45, 7) is 2.12. The molecule has 0 N–H and O–H groups in total. The highest BCUT2D eigenvalue weighted by Crippen LogP contribution is 2.17. The summed E-state index contributed by atoms with van der Waals surface area (Å²) in [6, 6.07) is 3.74. The number of unbranched alkanes of at least 4 members (excludes halogenated alkanes) is 1. The predicted molar refractivity (Wildman–Crippen MR) is 67.3 cm³/mol. The van der Waals surface area contributed by atoms with Crippen LogP contribution in [-0.4, -0.2) is 14.3 Å². The monoisotopic (exact) mass is 270 g/mol. The Morgan fingerprint density at radius 1 is 1.53 bits per heavy atom. The van der Waals surface area contributed by atoms with Crippen molar-refractivity contribution in [3.63, 3.8) is 0 Å². The molecule has 0 aromatic carbocycles. The van der Waals surface area contributed by atoms with Crippen LogP contribution in [0.25, 0.3) is 0 Å². The van der Waals surface area contributed by atoms with Crippen LogP contribution in [0.2, 0.25) is 0 Å². The zero-order chi connectivity index (χ0) is 12.1. The zero-order valence-corrected chi connectivity index (χ0v) is 11.2. The van der Waals surface area contributed by atoms with Gasteiger partial charge < -0.3 is 4.52 Å². The lowest BCUT2D eigenvalue weighted by atomic mass is 10.2. The van der Waals surface area contributed by atoms with Crippen LogP contribution in [0.4, 0.5) is 0 Å². The van der Waals surface area contributed by atoms with Crippen LogP contribution in [-0.2, 0) is 23.0 Å². The summed E-state index contributed by atoms with van der Waals surface area (Å²) >= 11 is 1.48. The molecule has 0 radical (unpaired) electrons. The zero-order valence-electron chi connectivity index (χ0n) is 9.59. The van der Waals surface area contributed by atoms with E-state index >= 15 is 0 Å². The van der Waals surface area contributed by atoms with Crippen LogP contribution in [0.3, 0.4) is 0 Å². The van der Waals surface area contributed by atoms with Crippen molar-refractivity contribution >= 4 is 22.1 Å². The standard InChI is InChI=1S/C11H14N2O2S2/c1-2-3-5-9-12-10(15-13-9)8-17(14)11-6-4-7-16-11/h4,6-7H,2-3,5,8H2,1H3/t17-/m1/s1. The van der Waals surface area contributed by atoms with Crippen molar-refractivity contribution < 1.29 is 8.73 Å². The van der Waals surface area contributed by atoms with E-state index in [1.807, 2.05) is 17.5 Å². The Labute approximate surface area is 107 Å². The summed E-state index contributed by atoms with van der Waals surface area (Å²) in [6.07, 6.45) is 2.98.